The van der Waals surface area contributed by atoms with Crippen molar-refractivity contribution >= 4 is 10.8 Å². The van der Waals surface area contributed by atoms with Crippen LogP contribution in [0.25, 0.3) is 21.9 Å². The molecule has 0 bridgehead atoms. The van der Waals surface area contributed by atoms with Gasteiger partial charge in [-0.3, -0.25) is 0 Å². The van der Waals surface area contributed by atoms with E-state index in [2.05, 4.69) is 6.92 Å². The second kappa shape index (κ2) is 8.74. The van der Waals surface area contributed by atoms with E-state index in [9.17, 15) is 5.11 Å². The zero-order valence-electron chi connectivity index (χ0n) is 16.7. The number of aromatic hydroxyl groups is 1. The van der Waals surface area contributed by atoms with Gasteiger partial charge < -0.3 is 24.1 Å². The number of hydrogen-bond acceptors (Lipinski definition) is 5. The molecular weight excluding hydrogens is 356 g/mol. The number of fused-ring (bicyclic) bond motifs is 1. The van der Waals surface area contributed by atoms with Gasteiger partial charge in [-0.2, -0.15) is 0 Å². The van der Waals surface area contributed by atoms with Crippen molar-refractivity contribution in [2.24, 2.45) is 0 Å². The van der Waals surface area contributed by atoms with Crippen LogP contribution in [0.5, 0.6) is 28.7 Å². The monoisotopic (exact) mass is 382 g/mol. The lowest BCUT2D eigenvalue weighted by Gasteiger charge is -2.15. The topological polar surface area (TPSA) is 57.2 Å². The Hall–Kier alpha value is -3.08. The van der Waals surface area contributed by atoms with Crippen LogP contribution in [0.1, 0.15) is 19.8 Å². The molecule has 0 unspecified atom stereocenters. The molecule has 148 valence electrons. The van der Waals surface area contributed by atoms with Gasteiger partial charge in [-0.05, 0) is 41.6 Å². The first-order valence-electron chi connectivity index (χ1n) is 9.31. The largest absolute Gasteiger partial charge is 0.507 e. The molecule has 0 saturated carbocycles. The highest BCUT2D eigenvalue weighted by Crippen LogP contribution is 2.42. The van der Waals surface area contributed by atoms with Gasteiger partial charge in [0.1, 0.15) is 5.75 Å². The number of phenolic OH excluding ortho intramolecular Hbond substituents is 1. The first-order chi connectivity index (χ1) is 13.6. The molecule has 0 saturated heterocycles. The van der Waals surface area contributed by atoms with Gasteiger partial charge in [-0.25, -0.2) is 0 Å². The zero-order chi connectivity index (χ0) is 20.1. The lowest BCUT2D eigenvalue weighted by Crippen LogP contribution is -1.99. The Balaban J connectivity index is 2.07. The smallest absolute Gasteiger partial charge is 0.161 e. The maximum Gasteiger partial charge on any atom is 0.161 e. The van der Waals surface area contributed by atoms with Gasteiger partial charge in [0.2, 0.25) is 0 Å². The van der Waals surface area contributed by atoms with Gasteiger partial charge in [0.25, 0.3) is 0 Å². The lowest BCUT2D eigenvalue weighted by atomic mass is 9.99. The van der Waals surface area contributed by atoms with Crippen molar-refractivity contribution in [2.45, 2.75) is 19.8 Å². The van der Waals surface area contributed by atoms with E-state index in [1.54, 1.807) is 21.3 Å². The fraction of sp³-hybridized carbons (Fsp3) is 0.304. The van der Waals surface area contributed by atoms with Crippen molar-refractivity contribution in [1.82, 2.24) is 0 Å². The molecule has 0 aliphatic carbocycles. The number of unbranched alkanes of at least 4 members (excludes halogenated alkanes) is 1. The molecule has 3 aromatic rings. The molecule has 0 aliphatic heterocycles. The summed E-state index contributed by atoms with van der Waals surface area (Å²) >= 11 is 0. The highest BCUT2D eigenvalue weighted by atomic mass is 16.5. The highest BCUT2D eigenvalue weighted by molar-refractivity contribution is 5.97. The third-order valence-electron chi connectivity index (χ3n) is 4.73. The Morgan fingerprint density at radius 1 is 0.786 bits per heavy atom. The molecule has 3 aromatic carbocycles. The van der Waals surface area contributed by atoms with E-state index in [1.807, 2.05) is 42.5 Å². The van der Waals surface area contributed by atoms with Crippen LogP contribution in [0, 0.1) is 0 Å². The van der Waals surface area contributed by atoms with Crippen molar-refractivity contribution in [1.29, 1.82) is 0 Å². The van der Waals surface area contributed by atoms with E-state index < -0.39 is 0 Å². The second-order valence-electron chi connectivity index (χ2n) is 6.46. The number of rotatable bonds is 8. The molecule has 5 nitrogen and oxygen atoms in total. The first kappa shape index (κ1) is 19.7. The molecule has 0 atom stereocenters. The molecule has 0 aromatic heterocycles. The highest BCUT2D eigenvalue weighted by Gasteiger charge is 2.15. The van der Waals surface area contributed by atoms with Gasteiger partial charge in [-0.1, -0.05) is 31.5 Å². The van der Waals surface area contributed by atoms with Gasteiger partial charge >= 0.3 is 0 Å². The standard InChI is InChI=1S/C23H26O5/c1-5-6-11-28-22-13-16-7-9-17(23(24)18(16)14-21(22)27-4)15-8-10-19(25-2)20(12-15)26-3/h7-10,12-14,24H,5-6,11H2,1-4H3. The fourth-order valence-electron chi connectivity index (χ4n) is 3.15. The van der Waals surface area contributed by atoms with Crippen molar-refractivity contribution < 1.29 is 24.1 Å². The number of benzene rings is 3. The first-order valence-corrected chi connectivity index (χ1v) is 9.31. The molecule has 28 heavy (non-hydrogen) atoms. The van der Waals surface area contributed by atoms with Crippen LogP contribution in [-0.4, -0.2) is 33.0 Å². The van der Waals surface area contributed by atoms with E-state index in [4.69, 9.17) is 18.9 Å². The van der Waals surface area contributed by atoms with Crippen LogP contribution in [-0.2, 0) is 0 Å². The number of methoxy groups -OCH3 is 3. The summed E-state index contributed by atoms with van der Waals surface area (Å²) in [7, 11) is 4.79. The average Bonchev–Trinajstić information content (AvgIpc) is 2.73. The summed E-state index contributed by atoms with van der Waals surface area (Å²) in [5.41, 5.74) is 1.54. The molecule has 0 heterocycles. The van der Waals surface area contributed by atoms with Gasteiger partial charge in [-0.15, -0.1) is 0 Å². The fourth-order valence-corrected chi connectivity index (χ4v) is 3.15. The van der Waals surface area contributed by atoms with E-state index in [-0.39, 0.29) is 5.75 Å². The van der Waals surface area contributed by atoms with Crippen molar-refractivity contribution in [3.05, 3.63) is 42.5 Å². The molecule has 0 spiro atoms. The molecular formula is C23H26O5. The predicted octanol–water partition coefficient (Wildman–Crippen LogP) is 5.42. The van der Waals surface area contributed by atoms with Crippen LogP contribution >= 0.6 is 0 Å². The lowest BCUT2D eigenvalue weighted by molar-refractivity contribution is 0.289. The van der Waals surface area contributed by atoms with E-state index in [0.29, 0.717) is 40.6 Å². The predicted molar refractivity (Wildman–Crippen MR) is 111 cm³/mol. The summed E-state index contributed by atoms with van der Waals surface area (Å²) in [4.78, 5) is 0. The summed E-state index contributed by atoms with van der Waals surface area (Å²) in [5, 5.41) is 12.5. The Morgan fingerprint density at radius 3 is 2.18 bits per heavy atom. The Morgan fingerprint density at radius 2 is 1.50 bits per heavy atom. The van der Waals surface area contributed by atoms with Crippen LogP contribution in [0.15, 0.2) is 42.5 Å². The minimum Gasteiger partial charge on any atom is -0.507 e. The second-order valence-corrected chi connectivity index (χ2v) is 6.46. The Kier molecular flexibility index (Phi) is 6.14. The van der Waals surface area contributed by atoms with E-state index in [1.165, 1.54) is 0 Å². The van der Waals surface area contributed by atoms with Crippen LogP contribution in [0.4, 0.5) is 0 Å². The molecule has 3 rings (SSSR count). The van der Waals surface area contributed by atoms with E-state index in [0.717, 1.165) is 23.8 Å². The Bertz CT molecular complexity index is 965. The van der Waals surface area contributed by atoms with Gasteiger partial charge in [0.05, 0.1) is 27.9 Å². The molecule has 0 radical (unpaired) electrons. The Labute approximate surface area is 165 Å². The normalized spacial score (nSPS) is 10.7. The minimum absolute atomic E-state index is 0.183. The van der Waals surface area contributed by atoms with Crippen molar-refractivity contribution in [2.75, 3.05) is 27.9 Å². The van der Waals surface area contributed by atoms with Gasteiger partial charge in [0.15, 0.2) is 23.0 Å². The maximum atomic E-state index is 10.9. The molecule has 5 heteroatoms. The summed E-state index contributed by atoms with van der Waals surface area (Å²) < 4.78 is 22.0. The molecule has 1 N–H and O–H groups in total. The van der Waals surface area contributed by atoms with Crippen LogP contribution in [0.2, 0.25) is 0 Å². The van der Waals surface area contributed by atoms with Crippen LogP contribution < -0.4 is 18.9 Å². The third-order valence-corrected chi connectivity index (χ3v) is 4.73. The summed E-state index contributed by atoms with van der Waals surface area (Å²) in [6, 6.07) is 13.1. The number of phenols is 1. The van der Waals surface area contributed by atoms with E-state index >= 15 is 0 Å². The number of hydrogen-bond donors (Lipinski definition) is 1. The quantitative estimate of drug-likeness (QED) is 0.527. The summed E-state index contributed by atoms with van der Waals surface area (Å²) in [6.07, 6.45) is 2.04. The zero-order valence-corrected chi connectivity index (χ0v) is 16.7. The van der Waals surface area contributed by atoms with Crippen LogP contribution in [0.3, 0.4) is 0 Å². The molecule has 0 aliphatic rings. The van der Waals surface area contributed by atoms with Gasteiger partial charge in [0, 0.05) is 10.9 Å². The minimum atomic E-state index is 0.183. The SMILES string of the molecule is CCCCOc1cc2ccc(-c3ccc(OC)c(OC)c3)c(O)c2cc1OC. The number of ether oxygens (including phenoxy) is 4. The van der Waals surface area contributed by atoms with Crippen molar-refractivity contribution in [3.8, 4) is 39.9 Å². The average molecular weight is 382 g/mol. The summed E-state index contributed by atoms with van der Waals surface area (Å²) in [6.45, 7) is 2.75. The maximum absolute atomic E-state index is 10.9. The summed E-state index contributed by atoms with van der Waals surface area (Å²) in [5.74, 6) is 2.71. The third kappa shape index (κ3) is 3.79. The van der Waals surface area contributed by atoms with Crippen molar-refractivity contribution in [3.63, 3.8) is 0 Å². The molecule has 0 amide bonds. The molecule has 0 fully saturated rings.